The Bertz CT molecular complexity index is 999. The lowest BCUT2D eigenvalue weighted by molar-refractivity contribution is -0.0189. The molecule has 0 heterocycles. The van der Waals surface area contributed by atoms with Gasteiger partial charge in [0.25, 0.3) is 0 Å². The van der Waals surface area contributed by atoms with Gasteiger partial charge in [-0.15, -0.1) is 0 Å². The zero-order valence-corrected chi connectivity index (χ0v) is 20.5. The van der Waals surface area contributed by atoms with Crippen molar-refractivity contribution < 1.29 is 23.8 Å². The molecule has 5 nitrogen and oxygen atoms in total. The molecule has 4 fully saturated rings. The van der Waals surface area contributed by atoms with Crippen molar-refractivity contribution in [1.29, 1.82) is 0 Å². The average molecular weight is 481 g/mol. The first-order valence-electron chi connectivity index (χ1n) is 12.2. The molecule has 2 aromatic rings. The summed E-state index contributed by atoms with van der Waals surface area (Å²) in [7, 11) is 1.64. The molecule has 0 atom stereocenters. The third-order valence-electron chi connectivity index (χ3n) is 7.75. The SMILES string of the molecule is COCCOCOc1ccc(C(=O)SC(=O)c2ccccc2)cc1C12CC3CC(CC(C3)C1)C2. The van der Waals surface area contributed by atoms with Crippen LogP contribution in [0.15, 0.2) is 48.5 Å². The number of rotatable bonds is 9. The third kappa shape index (κ3) is 4.95. The minimum Gasteiger partial charge on any atom is -0.467 e. The first kappa shape index (κ1) is 23.6. The fourth-order valence-electron chi connectivity index (χ4n) is 6.72. The van der Waals surface area contributed by atoms with E-state index in [1.165, 1.54) is 19.3 Å². The van der Waals surface area contributed by atoms with Crippen molar-refractivity contribution in [2.75, 3.05) is 27.1 Å². The topological polar surface area (TPSA) is 61.8 Å². The highest BCUT2D eigenvalue weighted by molar-refractivity contribution is 8.26. The smallest absolute Gasteiger partial charge is 0.227 e. The Kier molecular flexibility index (Phi) is 7.09. The van der Waals surface area contributed by atoms with Gasteiger partial charge in [0, 0.05) is 23.8 Å². The summed E-state index contributed by atoms with van der Waals surface area (Å²) < 4.78 is 16.7. The van der Waals surface area contributed by atoms with Gasteiger partial charge < -0.3 is 14.2 Å². The number of hydrogen-bond acceptors (Lipinski definition) is 6. The van der Waals surface area contributed by atoms with Crippen molar-refractivity contribution in [3.63, 3.8) is 0 Å². The van der Waals surface area contributed by atoms with Crippen molar-refractivity contribution in [1.82, 2.24) is 0 Å². The molecule has 0 radical (unpaired) electrons. The summed E-state index contributed by atoms with van der Waals surface area (Å²) in [6, 6.07) is 14.6. The Balaban J connectivity index is 1.40. The lowest BCUT2D eigenvalue weighted by Gasteiger charge is -2.57. The molecule has 0 saturated heterocycles. The van der Waals surface area contributed by atoms with Crippen LogP contribution in [0.4, 0.5) is 0 Å². The fraction of sp³-hybridized carbons (Fsp3) is 0.500. The Morgan fingerprint density at radius 2 is 1.53 bits per heavy atom. The number of thioether (sulfide) groups is 1. The second kappa shape index (κ2) is 10.2. The zero-order chi connectivity index (χ0) is 23.5. The van der Waals surface area contributed by atoms with Crippen LogP contribution in [-0.4, -0.2) is 37.3 Å². The van der Waals surface area contributed by atoms with Crippen molar-refractivity contribution in [2.24, 2.45) is 17.8 Å². The van der Waals surface area contributed by atoms with Gasteiger partial charge in [-0.25, -0.2) is 0 Å². The zero-order valence-electron chi connectivity index (χ0n) is 19.7. The fourth-order valence-corrected chi connectivity index (χ4v) is 7.39. The van der Waals surface area contributed by atoms with Crippen LogP contribution in [0.25, 0.3) is 0 Å². The van der Waals surface area contributed by atoms with Gasteiger partial charge in [0.1, 0.15) is 5.75 Å². The summed E-state index contributed by atoms with van der Waals surface area (Å²) in [5.41, 5.74) is 2.28. The van der Waals surface area contributed by atoms with Gasteiger partial charge in [-0.1, -0.05) is 30.3 Å². The average Bonchev–Trinajstić information content (AvgIpc) is 2.83. The molecular weight excluding hydrogens is 448 g/mol. The Labute approximate surface area is 205 Å². The van der Waals surface area contributed by atoms with E-state index in [1.807, 2.05) is 30.3 Å². The molecule has 4 bridgehead atoms. The largest absolute Gasteiger partial charge is 0.467 e. The van der Waals surface area contributed by atoms with Gasteiger partial charge in [0.2, 0.25) is 10.2 Å². The molecule has 6 heteroatoms. The summed E-state index contributed by atoms with van der Waals surface area (Å²) >= 11 is 0.767. The molecule has 0 amide bonds. The number of methoxy groups -OCH3 is 1. The van der Waals surface area contributed by atoms with Crippen LogP contribution in [-0.2, 0) is 14.9 Å². The second-order valence-electron chi connectivity index (χ2n) is 10.1. The van der Waals surface area contributed by atoms with Gasteiger partial charge in [0.05, 0.1) is 13.2 Å². The molecule has 4 aliphatic rings. The van der Waals surface area contributed by atoms with Gasteiger partial charge in [0.15, 0.2) is 6.79 Å². The predicted molar refractivity (Wildman–Crippen MR) is 132 cm³/mol. The van der Waals surface area contributed by atoms with Crippen LogP contribution in [0.3, 0.4) is 0 Å². The summed E-state index contributed by atoms with van der Waals surface area (Å²) in [6.45, 7) is 1.14. The molecule has 6 rings (SSSR count). The van der Waals surface area contributed by atoms with Crippen molar-refractivity contribution >= 4 is 22.0 Å². The first-order valence-corrected chi connectivity index (χ1v) is 13.0. The van der Waals surface area contributed by atoms with E-state index >= 15 is 0 Å². The molecule has 4 aliphatic carbocycles. The van der Waals surface area contributed by atoms with E-state index in [4.69, 9.17) is 14.2 Å². The van der Waals surface area contributed by atoms with Gasteiger partial charge in [-0.05, 0) is 91.7 Å². The number of carbonyl (C=O) groups is 2. The normalized spacial score (nSPS) is 27.0. The first-order chi connectivity index (χ1) is 16.6. The van der Waals surface area contributed by atoms with E-state index in [-0.39, 0.29) is 22.4 Å². The van der Waals surface area contributed by atoms with Crippen LogP contribution >= 0.6 is 11.8 Å². The van der Waals surface area contributed by atoms with Crippen LogP contribution < -0.4 is 4.74 Å². The van der Waals surface area contributed by atoms with E-state index in [2.05, 4.69) is 0 Å². The predicted octanol–water partition coefficient (Wildman–Crippen LogP) is 5.87. The number of carbonyl (C=O) groups excluding carboxylic acids is 2. The van der Waals surface area contributed by atoms with Crippen molar-refractivity contribution in [2.45, 2.75) is 43.9 Å². The summed E-state index contributed by atoms with van der Waals surface area (Å²) in [5, 5.41) is -0.448. The number of ether oxygens (including phenoxy) is 3. The standard InChI is InChI=1S/C28H32O5S/c1-31-9-10-32-18-33-25-8-7-23(27(30)34-26(29)22-5-3-2-4-6-22)14-24(25)28-15-19-11-20(16-28)13-21(12-19)17-28/h2-8,14,19-21H,9-13,15-18H2,1H3. The molecule has 0 aromatic heterocycles. The Hall–Kier alpha value is -2.15. The van der Waals surface area contributed by atoms with Crippen LogP contribution in [0.5, 0.6) is 5.75 Å². The highest BCUT2D eigenvalue weighted by Gasteiger charge is 2.52. The lowest BCUT2D eigenvalue weighted by Crippen LogP contribution is -2.48. The summed E-state index contributed by atoms with van der Waals surface area (Å²) in [6.07, 6.45) is 7.51. The lowest BCUT2D eigenvalue weighted by atomic mass is 9.48. The van der Waals surface area contributed by atoms with E-state index in [0.29, 0.717) is 24.3 Å². The van der Waals surface area contributed by atoms with E-state index < -0.39 is 0 Å². The third-order valence-corrected chi connectivity index (χ3v) is 8.59. The maximum atomic E-state index is 13.1. The van der Waals surface area contributed by atoms with Gasteiger partial charge in [-0.3, -0.25) is 9.59 Å². The minimum absolute atomic E-state index is 0.0566. The number of hydrogen-bond donors (Lipinski definition) is 0. The maximum absolute atomic E-state index is 13.1. The van der Waals surface area contributed by atoms with Crippen molar-refractivity contribution in [3.05, 3.63) is 65.2 Å². The summed E-state index contributed by atoms with van der Waals surface area (Å²) in [4.78, 5) is 25.7. The van der Waals surface area contributed by atoms with Crippen LogP contribution in [0.1, 0.15) is 64.8 Å². The molecule has 4 saturated carbocycles. The van der Waals surface area contributed by atoms with E-state index in [9.17, 15) is 9.59 Å². The van der Waals surface area contributed by atoms with Crippen LogP contribution in [0.2, 0.25) is 0 Å². The molecular formula is C28H32O5S. The molecule has 0 N–H and O–H groups in total. The highest BCUT2D eigenvalue weighted by Crippen LogP contribution is 2.62. The van der Waals surface area contributed by atoms with E-state index in [1.54, 1.807) is 25.3 Å². The minimum atomic E-state index is -0.228. The quantitative estimate of drug-likeness (QED) is 0.331. The molecule has 0 unspecified atom stereocenters. The second-order valence-corrected chi connectivity index (χ2v) is 11.1. The molecule has 0 aliphatic heterocycles. The Morgan fingerprint density at radius 3 is 2.18 bits per heavy atom. The molecule has 0 spiro atoms. The monoisotopic (exact) mass is 480 g/mol. The summed E-state index contributed by atoms with van der Waals surface area (Å²) in [5.74, 6) is 3.11. The van der Waals surface area contributed by atoms with Gasteiger partial charge >= 0.3 is 0 Å². The molecule has 180 valence electrons. The maximum Gasteiger partial charge on any atom is 0.227 e. The highest BCUT2D eigenvalue weighted by atomic mass is 32.2. The van der Waals surface area contributed by atoms with Gasteiger partial charge in [-0.2, -0.15) is 0 Å². The van der Waals surface area contributed by atoms with Crippen LogP contribution in [0, 0.1) is 17.8 Å². The number of benzene rings is 2. The van der Waals surface area contributed by atoms with Crippen molar-refractivity contribution in [3.8, 4) is 5.75 Å². The van der Waals surface area contributed by atoms with E-state index in [0.717, 1.165) is 60.1 Å². The molecule has 34 heavy (non-hydrogen) atoms. The Morgan fingerprint density at radius 1 is 0.882 bits per heavy atom. The molecule has 2 aromatic carbocycles.